The summed E-state index contributed by atoms with van der Waals surface area (Å²) < 4.78 is 0. The molecule has 0 saturated heterocycles. The van der Waals surface area contributed by atoms with E-state index in [-0.39, 0.29) is 52.8 Å². The summed E-state index contributed by atoms with van der Waals surface area (Å²) in [4.78, 5) is 123. The highest BCUT2D eigenvalue weighted by atomic mass is 16.2. The number of carbonyl (C=O) groups excluding carboxylic acids is 8. The zero-order valence-electron chi connectivity index (χ0n) is 59.9. The topological polar surface area (TPSA) is 255 Å². The lowest BCUT2D eigenvalue weighted by Crippen LogP contribution is -2.38. The highest BCUT2D eigenvalue weighted by molar-refractivity contribution is 6.42. The lowest BCUT2D eigenvalue weighted by molar-refractivity contribution is -0.148. The Balaban J connectivity index is 0.000000155. The van der Waals surface area contributed by atoms with Gasteiger partial charge in [-0.3, -0.25) is 43.3 Å². The molecule has 0 bridgehead atoms. The molecule has 7 N–H and O–H groups in total. The number of para-hydroxylation sites is 6. The molecular formula is C86H95N9O8. The molecule has 5 amide bonds. The van der Waals surface area contributed by atoms with Gasteiger partial charge in [-0.1, -0.05) is 155 Å². The molecule has 17 nitrogen and oxygen atoms in total. The summed E-state index contributed by atoms with van der Waals surface area (Å²) in [6.45, 7) is 6.08. The Labute approximate surface area is 601 Å². The van der Waals surface area contributed by atoms with E-state index < -0.39 is 23.6 Å². The van der Waals surface area contributed by atoms with E-state index in [9.17, 15) is 38.4 Å². The average molecular weight is 1380 g/mol. The SMILES string of the molecule is CCC(=O)CCCCCCC(=O)N1C(=O)C(c2c[nH]c3ccccc23)=C(C2C=Nc3ccccc32)C1=O.CNC(=O)CCCCCCC(=O)CC(c1c(C)[nH]c2ccccc12)c1c(C)[nH]c2ccccc12.CNC(=O)CCCCCCC(=O)CC(c1c[nH]c2ccccc12)c1c[nH]c2ccccc12. The van der Waals surface area contributed by atoms with E-state index in [1.54, 1.807) is 26.5 Å². The molecule has 103 heavy (non-hydrogen) atoms. The van der Waals surface area contributed by atoms with Gasteiger partial charge in [0.25, 0.3) is 11.8 Å². The Morgan fingerprint density at radius 1 is 0.447 bits per heavy atom. The van der Waals surface area contributed by atoms with Crippen molar-refractivity contribution in [2.75, 3.05) is 14.1 Å². The van der Waals surface area contributed by atoms with Crippen LogP contribution >= 0.6 is 0 Å². The van der Waals surface area contributed by atoms with E-state index in [1.165, 1.54) is 43.8 Å². The van der Waals surface area contributed by atoms with Crippen molar-refractivity contribution in [1.29, 1.82) is 0 Å². The molecule has 5 aromatic heterocycles. The number of aromatic nitrogens is 5. The maximum Gasteiger partial charge on any atom is 0.268 e. The minimum atomic E-state index is -0.582. The smallest absolute Gasteiger partial charge is 0.268 e. The van der Waals surface area contributed by atoms with Crippen LogP contribution in [-0.4, -0.2) is 97.0 Å². The number of rotatable bonds is 32. The summed E-state index contributed by atoms with van der Waals surface area (Å²) in [5.41, 5.74) is 15.0. The minimum Gasteiger partial charge on any atom is -0.361 e. The van der Waals surface area contributed by atoms with Gasteiger partial charge in [0.15, 0.2) is 0 Å². The molecule has 0 saturated carbocycles. The predicted octanol–water partition coefficient (Wildman–Crippen LogP) is 17.9. The van der Waals surface area contributed by atoms with Crippen LogP contribution in [0.15, 0.2) is 175 Å². The van der Waals surface area contributed by atoms with Crippen molar-refractivity contribution in [3.8, 4) is 0 Å². The second kappa shape index (κ2) is 35.2. The van der Waals surface area contributed by atoms with Gasteiger partial charge >= 0.3 is 0 Å². The number of H-pyrrole nitrogens is 5. The number of carbonyl (C=O) groups is 8. The third kappa shape index (κ3) is 17.4. The summed E-state index contributed by atoms with van der Waals surface area (Å²) in [5, 5.41) is 10.8. The molecular weight excluding hydrogens is 1290 g/mol. The van der Waals surface area contributed by atoms with Crippen molar-refractivity contribution in [2.45, 2.75) is 173 Å². The Bertz CT molecular complexity index is 4780. The molecule has 1 unspecified atom stereocenters. The molecule has 13 rings (SSSR count). The van der Waals surface area contributed by atoms with Crippen LogP contribution in [0.5, 0.6) is 0 Å². The van der Waals surface area contributed by atoms with E-state index in [0.29, 0.717) is 69.1 Å². The number of ketones is 3. The van der Waals surface area contributed by atoms with Gasteiger partial charge < -0.3 is 35.6 Å². The number of aliphatic imine (C=N–C) groups is 1. The Hall–Kier alpha value is -10.8. The van der Waals surface area contributed by atoms with Crippen molar-refractivity contribution in [3.63, 3.8) is 0 Å². The number of Topliss-reactive ketones (excluding diaryl/α,β-unsaturated/α-hetero) is 3. The number of imide groups is 3. The quantitative estimate of drug-likeness (QED) is 0.0157. The molecule has 6 aromatic carbocycles. The van der Waals surface area contributed by atoms with Crippen molar-refractivity contribution < 1.29 is 38.4 Å². The van der Waals surface area contributed by atoms with Gasteiger partial charge in [-0.05, 0) is 117 Å². The maximum absolute atomic E-state index is 13.8. The molecule has 0 fully saturated rings. The van der Waals surface area contributed by atoms with Crippen molar-refractivity contribution >= 4 is 119 Å². The van der Waals surface area contributed by atoms with Gasteiger partial charge in [-0.25, -0.2) is 4.90 Å². The molecule has 1 atom stereocenters. The van der Waals surface area contributed by atoms with E-state index in [0.717, 1.165) is 131 Å². The van der Waals surface area contributed by atoms with E-state index in [1.807, 2.05) is 91.9 Å². The van der Waals surface area contributed by atoms with Gasteiger partial charge in [0, 0.05) is 186 Å². The van der Waals surface area contributed by atoms with Gasteiger partial charge in [-0.2, -0.15) is 0 Å². The number of fused-ring (bicyclic) bond motifs is 6. The number of hydrogen-bond acceptors (Lipinski definition) is 9. The zero-order chi connectivity index (χ0) is 72.4. The Kier molecular flexibility index (Phi) is 25.1. The normalized spacial score (nSPS) is 13.4. The number of nitrogens with zero attached hydrogens (tertiary/aromatic N) is 2. The molecule has 0 aliphatic carbocycles. The molecule has 0 spiro atoms. The zero-order valence-corrected chi connectivity index (χ0v) is 59.9. The van der Waals surface area contributed by atoms with E-state index >= 15 is 0 Å². The molecule has 532 valence electrons. The number of aromatic amines is 5. The van der Waals surface area contributed by atoms with Crippen LogP contribution in [0.2, 0.25) is 0 Å². The first-order valence-corrected chi connectivity index (χ1v) is 36.8. The molecule has 17 heteroatoms. The third-order valence-electron chi connectivity index (χ3n) is 20.4. The standard InChI is InChI=1S/C30H29N3O4.C29H35N3O2.C27H31N3O2/c1-2-19(34)11-5-3-4-6-16-26(35)33-29(36)27(22-17-31-24-14-9-7-12-20(22)24)28(30(33)37)23-18-32-25-15-10-8-13-21(23)25;1-19-28(22-13-8-10-15-25(22)31-19)24(29-20(2)32-26-16-11-9-14-23(26)29)18-21(33)12-6-4-5-7-17-27(34)30-3;1-28-27(32)15-5-3-2-4-10-19(31)16-22(23-17-29-25-13-8-6-11-20(23)25)24-18-30-26-14-9-7-12-21(24)26/h7-10,12-15,17-18,22,32H,2-6,11,16H2,1H3;8-11,13-16,24,31-32H,4-7,12,17-18H2,1-3H3,(H,30,34);6-9,11-14,17-18,22,29-30H,2-5,10,15-16H2,1H3,(H,28,32). The number of benzene rings is 6. The highest BCUT2D eigenvalue weighted by Crippen LogP contribution is 2.46. The number of amides is 5. The summed E-state index contributed by atoms with van der Waals surface area (Å²) in [7, 11) is 3.33. The van der Waals surface area contributed by atoms with Crippen LogP contribution in [-0.2, 0) is 38.4 Å². The van der Waals surface area contributed by atoms with E-state index in [4.69, 9.17) is 0 Å². The van der Waals surface area contributed by atoms with Gasteiger partial charge in [0.2, 0.25) is 17.7 Å². The van der Waals surface area contributed by atoms with Gasteiger partial charge in [0.1, 0.15) is 17.3 Å². The average Bonchev–Trinajstić information content (AvgIpc) is 1.60. The monoisotopic (exact) mass is 1380 g/mol. The maximum atomic E-state index is 13.8. The second-order valence-corrected chi connectivity index (χ2v) is 27.3. The number of nitrogens with one attached hydrogen (secondary N) is 7. The fraction of sp³-hybridized carbons (Fsp3) is 0.337. The van der Waals surface area contributed by atoms with Crippen LogP contribution in [0.1, 0.15) is 204 Å². The lowest BCUT2D eigenvalue weighted by atomic mass is 9.83. The van der Waals surface area contributed by atoms with Crippen LogP contribution in [0, 0.1) is 13.8 Å². The molecule has 11 aromatic rings. The fourth-order valence-electron chi connectivity index (χ4n) is 15.0. The third-order valence-corrected chi connectivity index (χ3v) is 20.4. The summed E-state index contributed by atoms with van der Waals surface area (Å²) in [6, 6.07) is 48.4. The van der Waals surface area contributed by atoms with Crippen LogP contribution in [0.3, 0.4) is 0 Å². The summed E-state index contributed by atoms with van der Waals surface area (Å²) >= 11 is 0. The Morgan fingerprint density at radius 3 is 1.36 bits per heavy atom. The number of unbranched alkanes of at least 4 members (excludes halogenated alkanes) is 9. The van der Waals surface area contributed by atoms with Gasteiger partial charge in [-0.15, -0.1) is 0 Å². The minimum absolute atomic E-state index is 0.00282. The largest absolute Gasteiger partial charge is 0.361 e. The molecule has 7 heterocycles. The predicted molar refractivity (Wildman–Crippen MR) is 412 cm³/mol. The first-order valence-electron chi connectivity index (χ1n) is 36.8. The molecule has 2 aliphatic rings. The number of aryl methyl sites for hydroxylation is 2. The molecule has 2 aliphatic heterocycles. The van der Waals surface area contributed by atoms with E-state index in [2.05, 4.69) is 127 Å². The van der Waals surface area contributed by atoms with Crippen LogP contribution in [0.25, 0.3) is 60.1 Å². The summed E-state index contributed by atoms with van der Waals surface area (Å²) in [6.07, 6.45) is 22.4. The Morgan fingerprint density at radius 2 is 0.854 bits per heavy atom. The van der Waals surface area contributed by atoms with Crippen LogP contribution in [0.4, 0.5) is 5.69 Å². The first kappa shape index (κ1) is 73.4. The van der Waals surface area contributed by atoms with Gasteiger partial charge in [0.05, 0.1) is 17.2 Å². The molecule has 0 radical (unpaired) electrons. The van der Waals surface area contributed by atoms with Crippen molar-refractivity contribution in [3.05, 3.63) is 215 Å². The highest BCUT2D eigenvalue weighted by Gasteiger charge is 2.47. The second-order valence-electron chi connectivity index (χ2n) is 27.3. The number of hydrogen-bond donors (Lipinski definition) is 7. The summed E-state index contributed by atoms with van der Waals surface area (Å²) in [5.74, 6) is -1.16. The fourth-order valence-corrected chi connectivity index (χ4v) is 15.0. The lowest BCUT2D eigenvalue weighted by Gasteiger charge is -2.19. The van der Waals surface area contributed by atoms with Crippen LogP contribution < -0.4 is 10.6 Å². The van der Waals surface area contributed by atoms with Crippen molar-refractivity contribution in [2.24, 2.45) is 4.99 Å². The first-order chi connectivity index (χ1) is 50.2. The van der Waals surface area contributed by atoms with Crippen molar-refractivity contribution in [1.82, 2.24) is 40.5 Å².